The summed E-state index contributed by atoms with van der Waals surface area (Å²) in [5.74, 6) is 3.54. The summed E-state index contributed by atoms with van der Waals surface area (Å²) in [6, 6.07) is 12.5. The van der Waals surface area contributed by atoms with Gasteiger partial charge in [0.05, 0.1) is 16.9 Å². The molecular weight excluding hydrogens is 531 g/mol. The number of aliphatic imine (C=N–C) groups is 1. The van der Waals surface area contributed by atoms with Crippen molar-refractivity contribution in [3.8, 4) is 5.75 Å². The number of ether oxygens (including phenoxy) is 1. The lowest BCUT2D eigenvalue weighted by molar-refractivity contribution is -0.108. The van der Waals surface area contributed by atoms with E-state index in [9.17, 15) is 9.18 Å². The molecule has 3 saturated carbocycles. The molecule has 6 atom stereocenters. The maximum absolute atomic E-state index is 13.3. The Bertz CT molecular complexity index is 1540. The Balaban J connectivity index is 1.29. The molecular formula is C33H43FN6O2. The molecule has 4 aliphatic rings. The van der Waals surface area contributed by atoms with Gasteiger partial charge in [0, 0.05) is 37.9 Å². The van der Waals surface area contributed by atoms with Gasteiger partial charge in [-0.3, -0.25) is 9.36 Å². The summed E-state index contributed by atoms with van der Waals surface area (Å²) in [5, 5.41) is 7.82. The van der Waals surface area contributed by atoms with E-state index in [1.165, 1.54) is 23.1 Å². The lowest BCUT2D eigenvalue weighted by atomic mass is 9.45. The lowest BCUT2D eigenvalue weighted by Crippen LogP contribution is -2.59. The van der Waals surface area contributed by atoms with Crippen molar-refractivity contribution >= 4 is 22.5 Å². The number of anilines is 1. The number of nitrogens with zero attached hydrogens (tertiary/aromatic N) is 4. The Labute approximate surface area is 247 Å². The quantitative estimate of drug-likeness (QED) is 0.323. The van der Waals surface area contributed by atoms with Gasteiger partial charge in [0.15, 0.2) is 5.96 Å². The van der Waals surface area contributed by atoms with Gasteiger partial charge in [-0.25, -0.2) is 14.4 Å². The van der Waals surface area contributed by atoms with Crippen LogP contribution in [0.25, 0.3) is 10.9 Å². The van der Waals surface area contributed by atoms with Gasteiger partial charge in [-0.1, -0.05) is 20.8 Å². The highest BCUT2D eigenvalue weighted by Crippen LogP contribution is 2.61. The van der Waals surface area contributed by atoms with Gasteiger partial charge < -0.3 is 20.3 Å². The van der Waals surface area contributed by atoms with Crippen molar-refractivity contribution in [3.63, 3.8) is 0 Å². The fraction of sp³-hybridized carbons (Fsp3) is 0.545. The molecule has 9 heteroatoms. The van der Waals surface area contributed by atoms with Crippen LogP contribution in [0.15, 0.2) is 52.3 Å². The molecule has 4 fully saturated rings. The Hall–Kier alpha value is -3.46. The Morgan fingerprint density at radius 1 is 1.12 bits per heavy atom. The zero-order chi connectivity index (χ0) is 29.8. The van der Waals surface area contributed by atoms with Gasteiger partial charge in [0.25, 0.3) is 5.56 Å². The number of aromatic nitrogens is 2. The maximum Gasteiger partial charge on any atom is 0.261 e. The van der Waals surface area contributed by atoms with Crippen molar-refractivity contribution in [1.29, 1.82) is 0 Å². The van der Waals surface area contributed by atoms with Crippen LogP contribution in [0.4, 0.5) is 10.1 Å². The van der Waals surface area contributed by atoms with Gasteiger partial charge in [0.2, 0.25) is 0 Å². The molecule has 1 saturated heterocycles. The third kappa shape index (κ3) is 5.39. The summed E-state index contributed by atoms with van der Waals surface area (Å²) in [6.07, 6.45) is 2.45. The highest BCUT2D eigenvalue weighted by atomic mass is 19.1. The first-order valence-electron chi connectivity index (χ1n) is 15.2. The molecule has 6 unspecified atom stereocenters. The van der Waals surface area contributed by atoms with E-state index in [-0.39, 0.29) is 24.0 Å². The number of guanidine groups is 1. The van der Waals surface area contributed by atoms with Crippen molar-refractivity contribution in [3.05, 3.63) is 64.5 Å². The molecule has 224 valence electrons. The van der Waals surface area contributed by atoms with Crippen LogP contribution in [0.5, 0.6) is 5.75 Å². The maximum atomic E-state index is 13.3. The molecule has 1 aliphatic heterocycles. The van der Waals surface area contributed by atoms with E-state index in [0.717, 1.165) is 37.1 Å². The van der Waals surface area contributed by atoms with Gasteiger partial charge in [-0.05, 0) is 92.3 Å². The van der Waals surface area contributed by atoms with Crippen molar-refractivity contribution < 1.29 is 9.13 Å². The Kier molecular flexibility index (Phi) is 7.50. The molecule has 2 bridgehead atoms. The van der Waals surface area contributed by atoms with Crippen molar-refractivity contribution in [2.75, 3.05) is 18.4 Å². The summed E-state index contributed by atoms with van der Waals surface area (Å²) in [6.45, 7) is 13.5. The molecule has 8 nitrogen and oxygen atoms in total. The average Bonchev–Trinajstić information content (AvgIpc) is 2.94. The highest BCUT2D eigenvalue weighted by Gasteiger charge is 2.56. The van der Waals surface area contributed by atoms with E-state index in [2.05, 4.69) is 50.2 Å². The molecule has 0 amide bonds. The monoisotopic (exact) mass is 574 g/mol. The van der Waals surface area contributed by atoms with Crippen LogP contribution in [0, 0.1) is 29.0 Å². The molecule has 3 aromatic rings. The van der Waals surface area contributed by atoms with Gasteiger partial charge in [-0.2, -0.15) is 0 Å². The fourth-order valence-electron chi connectivity index (χ4n) is 7.47. The van der Waals surface area contributed by atoms with Crippen LogP contribution in [0.1, 0.15) is 53.3 Å². The minimum Gasteiger partial charge on any atom is -0.486 e. The number of nitrogens with one attached hydrogen (secondary N) is 2. The van der Waals surface area contributed by atoms with E-state index in [1.807, 2.05) is 18.2 Å². The van der Waals surface area contributed by atoms with E-state index in [1.54, 1.807) is 19.2 Å². The third-order valence-electron chi connectivity index (χ3n) is 10.1. The zero-order valence-corrected chi connectivity index (χ0v) is 25.5. The predicted molar refractivity (Wildman–Crippen MR) is 165 cm³/mol. The summed E-state index contributed by atoms with van der Waals surface area (Å²) >= 11 is 0. The number of fused-ring (bicyclic) bond motifs is 3. The fourth-order valence-corrected chi connectivity index (χ4v) is 7.47. The van der Waals surface area contributed by atoms with Crippen molar-refractivity contribution in [2.24, 2.45) is 35.2 Å². The zero-order valence-electron chi connectivity index (χ0n) is 25.5. The molecule has 3 aliphatic carbocycles. The van der Waals surface area contributed by atoms with Crippen molar-refractivity contribution in [2.45, 2.75) is 72.2 Å². The second kappa shape index (κ2) is 11.0. The summed E-state index contributed by atoms with van der Waals surface area (Å²) in [7, 11) is 1.69. The minimum atomic E-state index is -0.329. The predicted octanol–water partition coefficient (Wildman–Crippen LogP) is 5.17. The number of hydrogen-bond donors (Lipinski definition) is 2. The standard InChI is InChI=1S/C33H43FN6O2/c1-19-16-40(17-20(2)35-19)32(38-28-14-22-13-27(21(28)3)33(22,4)5)36-24-9-12-26-29(15-24)37-30(39(6)31(26)41)18-42-25-10-7-23(34)8-11-25/h7-12,15,19-22,27-28,35H,13-14,16-18H2,1-6H3,(H,36,38). The second-order valence-electron chi connectivity index (χ2n) is 13.3. The minimum absolute atomic E-state index is 0.0898. The Morgan fingerprint density at radius 3 is 2.50 bits per heavy atom. The first kappa shape index (κ1) is 28.6. The summed E-state index contributed by atoms with van der Waals surface area (Å²) < 4.78 is 20.6. The first-order chi connectivity index (χ1) is 20.0. The largest absolute Gasteiger partial charge is 0.486 e. The van der Waals surface area contributed by atoms with Crippen LogP contribution in [-0.4, -0.2) is 51.6 Å². The van der Waals surface area contributed by atoms with E-state index in [4.69, 9.17) is 14.7 Å². The normalized spacial score (nSPS) is 28.8. The topological polar surface area (TPSA) is 83.8 Å². The van der Waals surface area contributed by atoms with Crippen LogP contribution < -0.4 is 20.9 Å². The molecule has 2 N–H and O–H groups in total. The lowest BCUT2D eigenvalue weighted by Gasteiger charge is -2.61. The molecule has 2 aromatic carbocycles. The van der Waals surface area contributed by atoms with E-state index in [0.29, 0.717) is 51.8 Å². The highest BCUT2D eigenvalue weighted by molar-refractivity contribution is 5.96. The number of hydrogen-bond acceptors (Lipinski definition) is 5. The van der Waals surface area contributed by atoms with Crippen LogP contribution >= 0.6 is 0 Å². The van der Waals surface area contributed by atoms with Gasteiger partial charge in [0.1, 0.15) is 24.0 Å². The Morgan fingerprint density at radius 2 is 1.83 bits per heavy atom. The molecule has 1 aromatic heterocycles. The smallest absolute Gasteiger partial charge is 0.261 e. The van der Waals surface area contributed by atoms with Crippen LogP contribution in [-0.2, 0) is 13.7 Å². The summed E-state index contributed by atoms with van der Waals surface area (Å²) in [5.41, 5.74) is 1.71. The molecule has 42 heavy (non-hydrogen) atoms. The average molecular weight is 575 g/mol. The third-order valence-corrected chi connectivity index (χ3v) is 10.1. The van der Waals surface area contributed by atoms with Crippen LogP contribution in [0.3, 0.4) is 0 Å². The SMILES string of the molecule is CC1CN(C(=NC2CC3CC(C2C)C3(C)C)Nc2ccc3c(=O)n(C)c(COc4ccc(F)cc4)nc3c2)CC(C)N1. The molecule has 7 rings (SSSR count). The molecule has 2 heterocycles. The molecule has 0 radical (unpaired) electrons. The van der Waals surface area contributed by atoms with Gasteiger partial charge >= 0.3 is 0 Å². The van der Waals surface area contributed by atoms with E-state index >= 15 is 0 Å². The van der Waals surface area contributed by atoms with Gasteiger partial charge in [-0.15, -0.1) is 0 Å². The number of benzene rings is 2. The van der Waals surface area contributed by atoms with Crippen molar-refractivity contribution in [1.82, 2.24) is 19.8 Å². The number of halogens is 1. The number of rotatable bonds is 5. The molecule has 0 spiro atoms. The summed E-state index contributed by atoms with van der Waals surface area (Å²) in [4.78, 5) is 25.8. The van der Waals surface area contributed by atoms with E-state index < -0.39 is 0 Å². The van der Waals surface area contributed by atoms with Crippen LogP contribution in [0.2, 0.25) is 0 Å². The first-order valence-corrected chi connectivity index (χ1v) is 15.2. The second-order valence-corrected chi connectivity index (χ2v) is 13.3. The number of piperazine rings is 1.